The molecule has 0 amide bonds. The van der Waals surface area contributed by atoms with Crippen molar-refractivity contribution in [2.75, 3.05) is 0 Å². The van der Waals surface area contributed by atoms with Crippen LogP contribution in [0.3, 0.4) is 0 Å². The van der Waals surface area contributed by atoms with Crippen molar-refractivity contribution in [3.8, 4) is 0 Å². The SMILES string of the molecule is CCC(C)(CC)C1CC(C(C)(CC)CC)OC2(O1)C1CCC3CCCCC3C1C1C3C(CCC12)OC1CCC2CCCCC2C13. The molecule has 256 valence electrons. The molecule has 14 atom stereocenters. The third-order valence-corrected chi connectivity index (χ3v) is 17.7. The minimum absolute atomic E-state index is 0.213. The van der Waals surface area contributed by atoms with Crippen molar-refractivity contribution in [3.05, 3.63) is 0 Å². The third-order valence-electron chi connectivity index (χ3n) is 17.7. The molecule has 6 aliphatic carbocycles. The molecule has 1 spiro atoms. The number of ether oxygens (including phenoxy) is 3. The molecule has 0 aromatic carbocycles. The summed E-state index contributed by atoms with van der Waals surface area (Å²) >= 11 is 0. The van der Waals surface area contributed by atoms with Crippen LogP contribution in [-0.4, -0.2) is 30.2 Å². The zero-order chi connectivity index (χ0) is 31.1. The van der Waals surface area contributed by atoms with E-state index in [4.69, 9.17) is 14.2 Å². The molecule has 8 rings (SSSR count). The first-order valence-electron chi connectivity index (χ1n) is 20.8. The quantitative estimate of drug-likeness (QED) is 0.295. The lowest BCUT2D eigenvalue weighted by atomic mass is 9.53. The Morgan fingerprint density at radius 2 is 0.978 bits per heavy atom. The molecular formula is C42H70O3. The van der Waals surface area contributed by atoms with Crippen molar-refractivity contribution in [3.63, 3.8) is 0 Å². The fourth-order valence-electron chi connectivity index (χ4n) is 14.4. The highest BCUT2D eigenvalue weighted by Crippen LogP contribution is 2.71. The van der Waals surface area contributed by atoms with Gasteiger partial charge in [-0.15, -0.1) is 0 Å². The van der Waals surface area contributed by atoms with Crippen molar-refractivity contribution in [2.24, 2.45) is 70.0 Å². The van der Waals surface area contributed by atoms with Crippen molar-refractivity contribution < 1.29 is 14.2 Å². The number of fused-ring (bicyclic) bond motifs is 13. The molecule has 2 aliphatic heterocycles. The molecule has 14 unspecified atom stereocenters. The van der Waals surface area contributed by atoms with E-state index in [1.807, 2.05) is 0 Å². The van der Waals surface area contributed by atoms with E-state index in [0.29, 0.717) is 36.3 Å². The third kappa shape index (κ3) is 4.78. The molecule has 3 nitrogen and oxygen atoms in total. The number of hydrogen-bond acceptors (Lipinski definition) is 3. The molecule has 0 radical (unpaired) electrons. The lowest BCUT2D eigenvalue weighted by Gasteiger charge is -2.57. The molecule has 3 heteroatoms. The van der Waals surface area contributed by atoms with E-state index in [1.165, 1.54) is 116 Å². The molecule has 2 heterocycles. The van der Waals surface area contributed by atoms with Gasteiger partial charge in [-0.3, -0.25) is 0 Å². The summed E-state index contributed by atoms with van der Waals surface area (Å²) in [6.45, 7) is 14.8. The minimum atomic E-state index is -0.383. The second kappa shape index (κ2) is 12.0. The van der Waals surface area contributed by atoms with Gasteiger partial charge in [0.15, 0.2) is 5.79 Å². The predicted molar refractivity (Wildman–Crippen MR) is 183 cm³/mol. The predicted octanol–water partition coefficient (Wildman–Crippen LogP) is 11.0. The van der Waals surface area contributed by atoms with Crippen LogP contribution in [-0.2, 0) is 14.2 Å². The Kier molecular flexibility index (Phi) is 8.59. The first kappa shape index (κ1) is 32.1. The Balaban J connectivity index is 1.25. The van der Waals surface area contributed by atoms with Crippen LogP contribution in [0.2, 0.25) is 0 Å². The van der Waals surface area contributed by atoms with Crippen LogP contribution in [0, 0.1) is 70.0 Å². The fourth-order valence-corrected chi connectivity index (χ4v) is 14.4. The van der Waals surface area contributed by atoms with E-state index in [2.05, 4.69) is 41.5 Å². The van der Waals surface area contributed by atoms with Gasteiger partial charge >= 0.3 is 0 Å². The first-order chi connectivity index (χ1) is 21.8. The molecule has 8 fully saturated rings. The Bertz CT molecular complexity index is 1020. The van der Waals surface area contributed by atoms with Gasteiger partial charge in [0.1, 0.15) is 0 Å². The van der Waals surface area contributed by atoms with Crippen molar-refractivity contribution >= 4 is 0 Å². The van der Waals surface area contributed by atoms with Gasteiger partial charge in [-0.2, -0.15) is 0 Å². The fraction of sp³-hybridized carbons (Fsp3) is 1.00. The molecule has 0 N–H and O–H groups in total. The molecule has 6 saturated carbocycles. The molecule has 0 bridgehead atoms. The van der Waals surface area contributed by atoms with Crippen molar-refractivity contribution in [1.82, 2.24) is 0 Å². The van der Waals surface area contributed by atoms with Crippen LogP contribution in [0.4, 0.5) is 0 Å². The standard InChI is InChI=1S/C42H70O3/c1-7-40(5,8-2)34-25-35(41(6,9-3)10-4)45-42(44-34)30-21-19-26-15-11-13-17-28(26)36(30)38-31(42)22-24-33-39(38)37-29-18-14-12-16-27(29)20-23-32(37)43-33/h26-39H,7-25H2,1-6H3. The summed E-state index contributed by atoms with van der Waals surface area (Å²) in [5.74, 6) is 7.60. The van der Waals surface area contributed by atoms with Crippen molar-refractivity contribution in [2.45, 2.75) is 194 Å². The van der Waals surface area contributed by atoms with Crippen LogP contribution in [0.15, 0.2) is 0 Å². The smallest absolute Gasteiger partial charge is 0.175 e. The topological polar surface area (TPSA) is 27.7 Å². The molecule has 45 heavy (non-hydrogen) atoms. The Hall–Kier alpha value is -0.120. The Morgan fingerprint density at radius 3 is 1.58 bits per heavy atom. The molecule has 8 aliphatic rings. The van der Waals surface area contributed by atoms with Gasteiger partial charge in [0.25, 0.3) is 0 Å². The van der Waals surface area contributed by atoms with Gasteiger partial charge < -0.3 is 14.2 Å². The van der Waals surface area contributed by atoms with Gasteiger partial charge in [0.05, 0.1) is 24.4 Å². The molecule has 2 saturated heterocycles. The summed E-state index contributed by atoms with van der Waals surface area (Å²) in [4.78, 5) is 0. The van der Waals surface area contributed by atoms with Crippen LogP contribution >= 0.6 is 0 Å². The first-order valence-corrected chi connectivity index (χ1v) is 20.8. The summed E-state index contributed by atoms with van der Waals surface area (Å²) in [6, 6.07) is 0. The zero-order valence-corrected chi connectivity index (χ0v) is 30.2. The molecule has 0 aromatic heterocycles. The number of rotatable bonds is 6. The van der Waals surface area contributed by atoms with Gasteiger partial charge in [0.2, 0.25) is 0 Å². The Labute approximate surface area is 277 Å². The maximum absolute atomic E-state index is 7.94. The van der Waals surface area contributed by atoms with E-state index in [1.54, 1.807) is 0 Å². The summed E-state index contributed by atoms with van der Waals surface area (Å²) in [5, 5.41) is 0. The average Bonchev–Trinajstić information content (AvgIpc) is 3.61. The van der Waals surface area contributed by atoms with E-state index in [-0.39, 0.29) is 16.6 Å². The van der Waals surface area contributed by atoms with Gasteiger partial charge in [-0.1, -0.05) is 80.1 Å². The monoisotopic (exact) mass is 623 g/mol. The summed E-state index contributed by atoms with van der Waals surface area (Å²) in [7, 11) is 0. The molecule has 0 aromatic rings. The van der Waals surface area contributed by atoms with Crippen molar-refractivity contribution in [1.29, 1.82) is 0 Å². The summed E-state index contributed by atoms with van der Waals surface area (Å²) in [6.07, 6.45) is 27.4. The second-order valence-corrected chi connectivity index (χ2v) is 18.8. The lowest BCUT2D eigenvalue weighted by Crippen LogP contribution is -2.62. The number of hydrogen-bond donors (Lipinski definition) is 0. The zero-order valence-electron chi connectivity index (χ0n) is 30.2. The maximum atomic E-state index is 7.94. The maximum Gasteiger partial charge on any atom is 0.175 e. The lowest BCUT2D eigenvalue weighted by molar-refractivity contribution is -0.385. The highest BCUT2D eigenvalue weighted by atomic mass is 16.7. The van der Waals surface area contributed by atoms with Gasteiger partial charge in [0, 0.05) is 18.3 Å². The van der Waals surface area contributed by atoms with Gasteiger partial charge in [-0.05, 0) is 135 Å². The van der Waals surface area contributed by atoms with E-state index in [0.717, 1.165) is 53.8 Å². The van der Waals surface area contributed by atoms with Crippen LogP contribution in [0.1, 0.15) is 164 Å². The summed E-state index contributed by atoms with van der Waals surface area (Å²) < 4.78 is 23.1. The van der Waals surface area contributed by atoms with Crippen LogP contribution < -0.4 is 0 Å². The van der Waals surface area contributed by atoms with E-state index < -0.39 is 0 Å². The largest absolute Gasteiger partial charge is 0.374 e. The minimum Gasteiger partial charge on any atom is -0.374 e. The molecular weight excluding hydrogens is 552 g/mol. The van der Waals surface area contributed by atoms with E-state index >= 15 is 0 Å². The average molecular weight is 623 g/mol. The van der Waals surface area contributed by atoms with E-state index in [9.17, 15) is 0 Å². The summed E-state index contributed by atoms with van der Waals surface area (Å²) in [5.41, 5.74) is 0.426. The highest BCUT2D eigenvalue weighted by molar-refractivity contribution is 5.17. The second-order valence-electron chi connectivity index (χ2n) is 18.8. The Morgan fingerprint density at radius 1 is 0.511 bits per heavy atom. The normalized spacial score (nSPS) is 51.1. The van der Waals surface area contributed by atoms with Crippen LogP contribution in [0.25, 0.3) is 0 Å². The van der Waals surface area contributed by atoms with Crippen LogP contribution in [0.5, 0.6) is 0 Å². The van der Waals surface area contributed by atoms with Gasteiger partial charge in [-0.25, -0.2) is 0 Å². The highest BCUT2D eigenvalue weighted by Gasteiger charge is 2.73.